The Hall–Kier alpha value is -1.02. The number of methoxy groups -OCH3 is 1. The van der Waals surface area contributed by atoms with Crippen LogP contribution in [0.5, 0.6) is 5.75 Å². The molecule has 0 spiro atoms. The van der Waals surface area contributed by atoms with Crippen LogP contribution in [-0.4, -0.2) is 12.2 Å². The van der Waals surface area contributed by atoms with E-state index in [9.17, 15) is 5.11 Å². The Kier molecular flexibility index (Phi) is 2.70. The van der Waals surface area contributed by atoms with Crippen molar-refractivity contribution < 1.29 is 9.84 Å². The highest BCUT2D eigenvalue weighted by Gasteiger charge is 2.27. The number of hydrogen-bond donors (Lipinski definition) is 1. The maximum Gasteiger partial charge on any atom is 0.122 e. The zero-order valence-corrected chi connectivity index (χ0v) is 9.58. The number of hydrogen-bond acceptors (Lipinski definition) is 2. The van der Waals surface area contributed by atoms with Crippen LogP contribution in [0, 0.1) is 6.92 Å². The fourth-order valence-corrected chi connectivity index (χ4v) is 2.55. The average Bonchev–Trinajstić information content (AvgIpc) is 2.23. The van der Waals surface area contributed by atoms with Crippen molar-refractivity contribution in [3.05, 3.63) is 28.8 Å². The zero-order chi connectivity index (χ0) is 11.0. The van der Waals surface area contributed by atoms with Crippen LogP contribution < -0.4 is 4.74 Å². The Morgan fingerprint density at radius 3 is 2.67 bits per heavy atom. The molecule has 0 amide bonds. The van der Waals surface area contributed by atoms with Gasteiger partial charge in [0.15, 0.2) is 0 Å². The first kappa shape index (κ1) is 10.5. The summed E-state index contributed by atoms with van der Waals surface area (Å²) in [7, 11) is 1.69. The van der Waals surface area contributed by atoms with Crippen LogP contribution in [-0.2, 0) is 0 Å². The molecule has 0 saturated carbocycles. The fraction of sp³-hybridized carbons (Fsp3) is 0.538. The summed E-state index contributed by atoms with van der Waals surface area (Å²) in [5, 5.41) is 10.0. The molecule has 1 N–H and O–H groups in total. The number of ether oxygens (including phenoxy) is 1. The SMILES string of the molecule is COc1ccc(C)c2c1C(C)CCC2O. The first-order chi connectivity index (χ1) is 7.15. The lowest BCUT2D eigenvalue weighted by molar-refractivity contribution is 0.150. The van der Waals surface area contributed by atoms with Crippen molar-refractivity contribution in [2.75, 3.05) is 7.11 Å². The standard InChI is InChI=1S/C13H18O2/c1-8-5-7-11(15-3)13-9(2)4-6-10(14)12(8)13/h5,7,9-10,14H,4,6H2,1-3H3. The van der Waals surface area contributed by atoms with Crippen molar-refractivity contribution in [2.24, 2.45) is 0 Å². The summed E-state index contributed by atoms with van der Waals surface area (Å²) in [5.74, 6) is 1.40. The van der Waals surface area contributed by atoms with Crippen LogP contribution in [0.1, 0.15) is 48.5 Å². The number of aliphatic hydroxyl groups excluding tert-OH is 1. The van der Waals surface area contributed by atoms with Gasteiger partial charge in [0.05, 0.1) is 13.2 Å². The van der Waals surface area contributed by atoms with Crippen molar-refractivity contribution in [2.45, 2.75) is 38.7 Å². The van der Waals surface area contributed by atoms with E-state index in [0.29, 0.717) is 5.92 Å². The van der Waals surface area contributed by atoms with Crippen LogP contribution in [0.4, 0.5) is 0 Å². The third-order valence-electron chi connectivity index (χ3n) is 3.38. The first-order valence-corrected chi connectivity index (χ1v) is 5.50. The number of rotatable bonds is 1. The minimum absolute atomic E-state index is 0.314. The molecule has 0 aliphatic heterocycles. The average molecular weight is 206 g/mol. The van der Waals surface area contributed by atoms with Crippen LogP contribution in [0.25, 0.3) is 0 Å². The molecule has 1 aliphatic carbocycles. The summed E-state index contributed by atoms with van der Waals surface area (Å²) in [5.41, 5.74) is 3.47. The highest BCUT2D eigenvalue weighted by Crippen LogP contribution is 2.43. The van der Waals surface area contributed by atoms with E-state index in [0.717, 1.165) is 24.2 Å². The van der Waals surface area contributed by atoms with Crippen LogP contribution >= 0.6 is 0 Å². The molecule has 1 aromatic carbocycles. The van der Waals surface area contributed by atoms with E-state index in [1.54, 1.807) is 7.11 Å². The molecule has 2 unspecified atom stereocenters. The van der Waals surface area contributed by atoms with Gasteiger partial charge in [0.2, 0.25) is 0 Å². The quantitative estimate of drug-likeness (QED) is 0.765. The van der Waals surface area contributed by atoms with Crippen molar-refractivity contribution in [3.8, 4) is 5.75 Å². The molecular formula is C13H18O2. The Morgan fingerprint density at radius 1 is 1.27 bits per heavy atom. The molecular weight excluding hydrogens is 188 g/mol. The van der Waals surface area contributed by atoms with Crippen LogP contribution in [0.2, 0.25) is 0 Å². The van der Waals surface area contributed by atoms with E-state index in [4.69, 9.17) is 4.74 Å². The fourth-order valence-electron chi connectivity index (χ4n) is 2.55. The van der Waals surface area contributed by atoms with E-state index in [2.05, 4.69) is 13.8 Å². The Balaban J connectivity index is 2.63. The van der Waals surface area contributed by atoms with Gasteiger partial charge >= 0.3 is 0 Å². The molecule has 0 saturated heterocycles. The molecule has 2 heteroatoms. The summed E-state index contributed by atoms with van der Waals surface area (Å²) in [6, 6.07) is 4.03. The first-order valence-electron chi connectivity index (χ1n) is 5.50. The van der Waals surface area contributed by atoms with Gasteiger partial charge in [-0.05, 0) is 42.9 Å². The predicted molar refractivity (Wildman–Crippen MR) is 60.3 cm³/mol. The van der Waals surface area contributed by atoms with Gasteiger partial charge in [-0.2, -0.15) is 0 Å². The normalized spacial score (nSPS) is 24.8. The summed E-state index contributed by atoms with van der Waals surface area (Å²) >= 11 is 0. The van der Waals surface area contributed by atoms with Crippen molar-refractivity contribution >= 4 is 0 Å². The molecule has 1 aliphatic rings. The van der Waals surface area contributed by atoms with Gasteiger partial charge in [-0.1, -0.05) is 13.0 Å². The monoisotopic (exact) mass is 206 g/mol. The Bertz CT molecular complexity index is 371. The number of benzene rings is 1. The molecule has 15 heavy (non-hydrogen) atoms. The molecule has 0 aromatic heterocycles. The molecule has 0 fully saturated rings. The van der Waals surface area contributed by atoms with Crippen molar-refractivity contribution in [3.63, 3.8) is 0 Å². The Labute approximate surface area is 90.9 Å². The lowest BCUT2D eigenvalue weighted by Crippen LogP contribution is -2.15. The van der Waals surface area contributed by atoms with Gasteiger partial charge in [0.1, 0.15) is 5.75 Å². The molecule has 82 valence electrons. The molecule has 0 radical (unpaired) electrons. The van der Waals surface area contributed by atoms with Crippen LogP contribution in [0.15, 0.2) is 12.1 Å². The molecule has 2 atom stereocenters. The summed E-state index contributed by atoms with van der Waals surface area (Å²) in [4.78, 5) is 0. The number of fused-ring (bicyclic) bond motifs is 1. The third kappa shape index (κ3) is 1.63. The molecule has 2 rings (SSSR count). The van der Waals surface area contributed by atoms with E-state index >= 15 is 0 Å². The predicted octanol–water partition coefficient (Wildman–Crippen LogP) is 2.93. The van der Waals surface area contributed by atoms with E-state index in [1.165, 1.54) is 11.1 Å². The van der Waals surface area contributed by atoms with E-state index in [-0.39, 0.29) is 6.10 Å². The smallest absolute Gasteiger partial charge is 0.122 e. The van der Waals surface area contributed by atoms with Gasteiger partial charge < -0.3 is 9.84 Å². The van der Waals surface area contributed by atoms with Gasteiger partial charge in [0, 0.05) is 5.56 Å². The van der Waals surface area contributed by atoms with Gasteiger partial charge in [0.25, 0.3) is 0 Å². The van der Waals surface area contributed by atoms with Crippen molar-refractivity contribution in [1.29, 1.82) is 0 Å². The van der Waals surface area contributed by atoms with Gasteiger partial charge in [-0.15, -0.1) is 0 Å². The molecule has 1 aromatic rings. The lowest BCUT2D eigenvalue weighted by atomic mass is 9.80. The second-order valence-corrected chi connectivity index (χ2v) is 4.41. The highest BCUT2D eigenvalue weighted by atomic mass is 16.5. The summed E-state index contributed by atoms with van der Waals surface area (Å²) < 4.78 is 5.38. The molecule has 2 nitrogen and oxygen atoms in total. The van der Waals surface area contributed by atoms with Crippen molar-refractivity contribution in [1.82, 2.24) is 0 Å². The summed E-state index contributed by atoms with van der Waals surface area (Å²) in [6.07, 6.45) is 1.59. The largest absolute Gasteiger partial charge is 0.496 e. The Morgan fingerprint density at radius 2 is 2.00 bits per heavy atom. The highest BCUT2D eigenvalue weighted by molar-refractivity contribution is 5.49. The maximum absolute atomic E-state index is 10.0. The second kappa shape index (κ2) is 3.86. The second-order valence-electron chi connectivity index (χ2n) is 4.41. The zero-order valence-electron chi connectivity index (χ0n) is 9.58. The molecule has 0 heterocycles. The minimum Gasteiger partial charge on any atom is -0.496 e. The summed E-state index contributed by atoms with van der Waals surface area (Å²) in [6.45, 7) is 4.26. The van der Waals surface area contributed by atoms with E-state index in [1.807, 2.05) is 12.1 Å². The number of aliphatic hydroxyl groups is 1. The third-order valence-corrected chi connectivity index (χ3v) is 3.38. The topological polar surface area (TPSA) is 29.5 Å². The van der Waals surface area contributed by atoms with Crippen LogP contribution in [0.3, 0.4) is 0 Å². The maximum atomic E-state index is 10.0. The van der Waals surface area contributed by atoms with Gasteiger partial charge in [-0.25, -0.2) is 0 Å². The number of aryl methyl sites for hydroxylation is 1. The molecule has 0 bridgehead atoms. The van der Waals surface area contributed by atoms with E-state index < -0.39 is 0 Å². The lowest BCUT2D eigenvalue weighted by Gasteiger charge is -2.29. The van der Waals surface area contributed by atoms with Gasteiger partial charge in [-0.3, -0.25) is 0 Å². The minimum atomic E-state index is -0.314.